The van der Waals surface area contributed by atoms with Crippen LogP contribution in [0.1, 0.15) is 0 Å². The lowest BCUT2D eigenvalue weighted by atomic mass is 10.6. The Morgan fingerprint density at radius 2 is 1.92 bits per heavy atom. The highest BCUT2D eigenvalue weighted by Crippen LogP contribution is 1.99. The van der Waals surface area contributed by atoms with Gasteiger partial charge in [-0.15, -0.1) is 0 Å². The van der Waals surface area contributed by atoms with Crippen LogP contribution in [0.4, 0.5) is 0 Å². The van der Waals surface area contributed by atoms with E-state index in [1.165, 1.54) is 0 Å². The number of amides is 2. The molecule has 0 unspecified atom stereocenters. The van der Waals surface area contributed by atoms with E-state index in [1.807, 2.05) is 0 Å². The van der Waals surface area contributed by atoms with Gasteiger partial charge in [0.05, 0.1) is 6.54 Å². The summed E-state index contributed by atoms with van der Waals surface area (Å²) in [5.41, 5.74) is 0. The molecule has 1 aliphatic heterocycles. The van der Waals surface area contributed by atoms with Crippen LogP contribution in [0.3, 0.4) is 0 Å². The zero-order valence-electron chi connectivity index (χ0n) is 6.06. The van der Waals surface area contributed by atoms with E-state index in [2.05, 4.69) is 38.1 Å². The number of halogens is 1. The van der Waals surface area contributed by atoms with Crippen molar-refractivity contribution in [3.63, 3.8) is 0 Å². The summed E-state index contributed by atoms with van der Waals surface area (Å²) in [6, 6.07) is 0. The van der Waals surface area contributed by atoms with Gasteiger partial charge >= 0.3 is 11.8 Å². The number of hydrogen-bond acceptors (Lipinski definition) is 3. The number of carbonyl (C=O) groups is 2. The maximum Gasteiger partial charge on any atom is 0.316 e. The first-order valence-electron chi connectivity index (χ1n) is 3.09. The third-order valence-electron chi connectivity index (χ3n) is 1.08. The first kappa shape index (κ1) is 8.92. The number of carbonyl (C=O) groups excluding carboxylic acids is 2. The summed E-state index contributed by atoms with van der Waals surface area (Å²) in [5.74, 6) is -1.20. The highest BCUT2D eigenvalue weighted by Gasteiger charge is 2.24. The van der Waals surface area contributed by atoms with Crippen molar-refractivity contribution in [1.82, 2.24) is 10.6 Å². The van der Waals surface area contributed by atoms with Crippen LogP contribution in [0.2, 0.25) is 0 Å². The molecule has 0 aromatic rings. The number of rotatable bonds is 2. The molecule has 2 amide bonds. The van der Waals surface area contributed by atoms with Gasteiger partial charge in [0.2, 0.25) is 5.96 Å². The minimum atomic E-state index is -0.686. The summed E-state index contributed by atoms with van der Waals surface area (Å²) < 4.78 is 0.672. The lowest BCUT2D eigenvalue weighted by molar-refractivity contribution is -0.135. The molecule has 12 heavy (non-hydrogen) atoms. The lowest BCUT2D eigenvalue weighted by Crippen LogP contribution is -2.25. The third-order valence-corrected chi connectivity index (χ3v) is 1.33. The normalized spacial score (nSPS) is 15.6. The molecule has 1 aliphatic rings. The van der Waals surface area contributed by atoms with Crippen LogP contribution in [0, 0.1) is 0 Å². The fraction of sp³-hybridized carbons (Fsp3) is 0.167. The number of aliphatic imine (C=N–C) groups is 1. The minimum Gasteiger partial charge on any atom is -0.288 e. The van der Waals surface area contributed by atoms with Crippen LogP contribution in [0.15, 0.2) is 16.1 Å². The van der Waals surface area contributed by atoms with Gasteiger partial charge < -0.3 is 0 Å². The van der Waals surface area contributed by atoms with E-state index in [1.54, 1.807) is 0 Å². The largest absolute Gasteiger partial charge is 0.316 e. The van der Waals surface area contributed by atoms with Crippen molar-refractivity contribution in [1.29, 1.82) is 0 Å². The molecule has 0 spiro atoms. The molecule has 1 rings (SSSR count). The predicted octanol–water partition coefficient (Wildman–Crippen LogP) is -0.503. The van der Waals surface area contributed by atoms with Gasteiger partial charge in [-0.05, 0) is 0 Å². The molecule has 1 saturated heterocycles. The van der Waals surface area contributed by atoms with E-state index in [-0.39, 0.29) is 5.96 Å². The van der Waals surface area contributed by atoms with Crippen molar-refractivity contribution < 1.29 is 9.59 Å². The molecule has 0 aromatic carbocycles. The van der Waals surface area contributed by atoms with Crippen molar-refractivity contribution in [2.45, 2.75) is 0 Å². The van der Waals surface area contributed by atoms with Crippen molar-refractivity contribution in [2.75, 3.05) is 6.54 Å². The number of hydrogen-bond donors (Lipinski definition) is 2. The fourth-order valence-electron chi connectivity index (χ4n) is 0.604. The third kappa shape index (κ3) is 2.16. The molecule has 0 atom stereocenters. The van der Waals surface area contributed by atoms with E-state index in [0.29, 0.717) is 11.0 Å². The summed E-state index contributed by atoms with van der Waals surface area (Å²) in [6.07, 6.45) is 0. The Labute approximate surface area is 77.1 Å². The topological polar surface area (TPSA) is 70.6 Å². The van der Waals surface area contributed by atoms with Crippen LogP contribution >= 0.6 is 15.9 Å². The SMILES string of the molecule is C=C(Br)CN=C1NC(=O)C(=O)N1. The second-order valence-corrected chi connectivity index (χ2v) is 3.21. The average Bonchev–Trinajstić information content (AvgIpc) is 2.28. The average molecular weight is 232 g/mol. The second-order valence-electron chi connectivity index (χ2n) is 2.09. The molecule has 0 aromatic heterocycles. The molecule has 5 nitrogen and oxygen atoms in total. The summed E-state index contributed by atoms with van der Waals surface area (Å²) in [7, 11) is 0. The molecule has 0 saturated carbocycles. The highest BCUT2D eigenvalue weighted by molar-refractivity contribution is 9.11. The molecule has 1 fully saturated rings. The summed E-state index contributed by atoms with van der Waals surface area (Å²) in [6.45, 7) is 3.85. The molecule has 0 bridgehead atoms. The van der Waals surface area contributed by atoms with Gasteiger partial charge in [-0.3, -0.25) is 20.2 Å². The van der Waals surface area contributed by atoms with E-state index in [9.17, 15) is 9.59 Å². The quantitative estimate of drug-likeness (QED) is 0.630. The van der Waals surface area contributed by atoms with Gasteiger partial charge in [-0.25, -0.2) is 4.99 Å². The Kier molecular flexibility index (Phi) is 2.59. The van der Waals surface area contributed by atoms with Gasteiger partial charge in [-0.1, -0.05) is 22.5 Å². The van der Waals surface area contributed by atoms with Gasteiger partial charge in [0, 0.05) is 4.48 Å². The van der Waals surface area contributed by atoms with Crippen molar-refractivity contribution >= 4 is 33.7 Å². The van der Waals surface area contributed by atoms with Gasteiger partial charge in [0.1, 0.15) is 0 Å². The van der Waals surface area contributed by atoms with Gasteiger partial charge in [0.25, 0.3) is 0 Å². The Bertz CT molecular complexity index is 267. The van der Waals surface area contributed by atoms with Crippen LogP contribution in [-0.2, 0) is 9.59 Å². The van der Waals surface area contributed by atoms with Crippen LogP contribution < -0.4 is 10.6 Å². The Hall–Kier alpha value is -1.17. The number of guanidine groups is 1. The summed E-state index contributed by atoms with van der Waals surface area (Å²) in [5, 5.41) is 4.49. The molecule has 0 aliphatic carbocycles. The summed E-state index contributed by atoms with van der Waals surface area (Å²) in [4.78, 5) is 25.0. The molecule has 0 radical (unpaired) electrons. The minimum absolute atomic E-state index is 0.172. The van der Waals surface area contributed by atoms with Crippen molar-refractivity contribution in [3.05, 3.63) is 11.1 Å². The molecular formula is C6H6BrN3O2. The van der Waals surface area contributed by atoms with Crippen molar-refractivity contribution in [3.8, 4) is 0 Å². The monoisotopic (exact) mass is 231 g/mol. The Morgan fingerprint density at radius 3 is 2.33 bits per heavy atom. The first-order valence-corrected chi connectivity index (χ1v) is 3.89. The smallest absolute Gasteiger partial charge is 0.288 e. The number of nitrogens with one attached hydrogen (secondary N) is 2. The molecule has 64 valence electrons. The number of nitrogens with zero attached hydrogens (tertiary/aromatic N) is 1. The Balaban J connectivity index is 2.57. The molecular weight excluding hydrogens is 226 g/mol. The molecule has 6 heteroatoms. The van der Waals surface area contributed by atoms with Crippen molar-refractivity contribution in [2.24, 2.45) is 4.99 Å². The van der Waals surface area contributed by atoms with Crippen LogP contribution in [0.25, 0.3) is 0 Å². The highest BCUT2D eigenvalue weighted by atomic mass is 79.9. The van der Waals surface area contributed by atoms with E-state index in [4.69, 9.17) is 0 Å². The predicted molar refractivity (Wildman–Crippen MR) is 46.7 cm³/mol. The first-order chi connectivity index (χ1) is 5.59. The molecule has 1 heterocycles. The van der Waals surface area contributed by atoms with E-state index >= 15 is 0 Å². The zero-order valence-corrected chi connectivity index (χ0v) is 7.64. The second kappa shape index (κ2) is 3.48. The van der Waals surface area contributed by atoms with Crippen LogP contribution in [-0.4, -0.2) is 24.3 Å². The standard InChI is InChI=1S/C6H6BrN3O2/c1-3(7)2-8-6-9-4(11)5(12)10-6/h1-2H2,(H2,8,9,10,11,12). The van der Waals surface area contributed by atoms with E-state index in [0.717, 1.165) is 0 Å². The van der Waals surface area contributed by atoms with E-state index < -0.39 is 11.8 Å². The fourth-order valence-corrected chi connectivity index (χ4v) is 0.729. The lowest BCUT2D eigenvalue weighted by Gasteiger charge is -1.94. The maximum atomic E-state index is 10.6. The Morgan fingerprint density at radius 1 is 1.42 bits per heavy atom. The van der Waals surface area contributed by atoms with Gasteiger partial charge in [-0.2, -0.15) is 0 Å². The van der Waals surface area contributed by atoms with Crippen LogP contribution in [0.5, 0.6) is 0 Å². The zero-order chi connectivity index (χ0) is 9.14. The maximum absolute atomic E-state index is 10.6. The molecule has 2 N–H and O–H groups in total. The summed E-state index contributed by atoms with van der Waals surface area (Å²) >= 11 is 3.08. The van der Waals surface area contributed by atoms with Gasteiger partial charge in [0.15, 0.2) is 0 Å².